The van der Waals surface area contributed by atoms with Crippen molar-refractivity contribution >= 4 is 5.91 Å². The molecule has 3 heteroatoms. The maximum absolute atomic E-state index is 11.1. The van der Waals surface area contributed by atoms with Gasteiger partial charge in [-0.05, 0) is 24.3 Å². The van der Waals surface area contributed by atoms with E-state index in [0.717, 1.165) is 6.42 Å². The lowest BCUT2D eigenvalue weighted by Gasteiger charge is -2.13. The first-order chi connectivity index (χ1) is 7.02. The Hall–Kier alpha value is -1.25. The van der Waals surface area contributed by atoms with Crippen LogP contribution in [-0.2, 0) is 4.79 Å². The summed E-state index contributed by atoms with van der Waals surface area (Å²) < 4.78 is 0. The van der Waals surface area contributed by atoms with Crippen LogP contribution < -0.4 is 11.1 Å². The average molecular weight is 210 g/mol. The Morgan fingerprint density at radius 1 is 1.47 bits per heavy atom. The molecule has 0 aromatic carbocycles. The van der Waals surface area contributed by atoms with Crippen LogP contribution in [-0.4, -0.2) is 13.0 Å². The molecule has 1 unspecified atom stereocenters. The molecule has 0 rings (SSSR count). The fourth-order valence-corrected chi connectivity index (χ4v) is 1.35. The lowest BCUT2D eigenvalue weighted by Crippen LogP contribution is -2.24. The first kappa shape index (κ1) is 13.8. The van der Waals surface area contributed by atoms with Crippen LogP contribution in [0.25, 0.3) is 0 Å². The molecule has 1 amide bonds. The second-order valence-corrected chi connectivity index (χ2v) is 3.90. The zero-order valence-corrected chi connectivity index (χ0v) is 10.1. The van der Waals surface area contributed by atoms with Gasteiger partial charge in [0, 0.05) is 7.05 Å². The molecule has 15 heavy (non-hydrogen) atoms. The number of amides is 1. The van der Waals surface area contributed by atoms with Crippen molar-refractivity contribution < 1.29 is 4.79 Å². The van der Waals surface area contributed by atoms with E-state index >= 15 is 0 Å². The van der Waals surface area contributed by atoms with E-state index in [1.807, 2.05) is 6.08 Å². The van der Waals surface area contributed by atoms with Crippen molar-refractivity contribution in [2.45, 2.75) is 27.2 Å². The van der Waals surface area contributed by atoms with Crippen molar-refractivity contribution in [2.75, 3.05) is 7.05 Å². The molecule has 3 nitrogen and oxygen atoms in total. The van der Waals surface area contributed by atoms with Gasteiger partial charge in [-0.2, -0.15) is 0 Å². The van der Waals surface area contributed by atoms with Gasteiger partial charge in [-0.1, -0.05) is 32.9 Å². The third-order valence-electron chi connectivity index (χ3n) is 2.45. The number of carbonyl (C=O) groups is 1. The molecule has 0 fully saturated rings. The molecule has 3 N–H and O–H groups in total. The van der Waals surface area contributed by atoms with Gasteiger partial charge in [0.2, 0.25) is 0 Å². The number of hydrogen-bond acceptors (Lipinski definition) is 2. The summed E-state index contributed by atoms with van der Waals surface area (Å²) in [5, 5.41) is 2.47. The number of nitrogens with two attached hydrogens (primary N) is 1. The standard InChI is InChI=1S/C12H22N2O/c1-5-10(9(2)3)7-6-8-11(13)12(15)14-4/h6-10H,5,13H2,1-4H3,(H,14,15)/b7-6-,11-8-. The number of likely N-dealkylation sites (N-methyl/N-ethyl adjacent to an activating group) is 1. The molecular formula is C12H22N2O. The zero-order valence-electron chi connectivity index (χ0n) is 10.1. The fraction of sp³-hybridized carbons (Fsp3) is 0.583. The third-order valence-corrected chi connectivity index (χ3v) is 2.45. The SMILES string of the molecule is CCC(/C=C\C=C(/N)C(=O)NC)C(C)C. The van der Waals surface area contributed by atoms with Crippen molar-refractivity contribution in [2.24, 2.45) is 17.6 Å². The molecule has 0 aromatic rings. The van der Waals surface area contributed by atoms with Crippen molar-refractivity contribution in [1.29, 1.82) is 0 Å². The van der Waals surface area contributed by atoms with Crippen molar-refractivity contribution in [3.63, 3.8) is 0 Å². The second kappa shape index (κ2) is 7.10. The van der Waals surface area contributed by atoms with Gasteiger partial charge in [-0.25, -0.2) is 0 Å². The van der Waals surface area contributed by atoms with E-state index in [2.05, 4.69) is 32.2 Å². The predicted octanol–water partition coefficient (Wildman–Crippen LogP) is 1.81. The largest absolute Gasteiger partial charge is 0.394 e. The summed E-state index contributed by atoms with van der Waals surface area (Å²) in [4.78, 5) is 11.1. The molecular weight excluding hydrogens is 188 g/mol. The molecule has 0 radical (unpaired) electrons. The lowest BCUT2D eigenvalue weighted by atomic mass is 9.93. The predicted molar refractivity (Wildman–Crippen MR) is 64.1 cm³/mol. The molecule has 0 aromatic heterocycles. The summed E-state index contributed by atoms with van der Waals surface area (Å²) >= 11 is 0. The smallest absolute Gasteiger partial charge is 0.266 e. The lowest BCUT2D eigenvalue weighted by molar-refractivity contribution is -0.117. The monoisotopic (exact) mass is 210 g/mol. The van der Waals surface area contributed by atoms with Gasteiger partial charge in [-0.3, -0.25) is 4.79 Å². The van der Waals surface area contributed by atoms with E-state index in [1.165, 1.54) is 0 Å². The Morgan fingerprint density at radius 2 is 2.07 bits per heavy atom. The molecule has 0 spiro atoms. The highest BCUT2D eigenvalue weighted by molar-refractivity contribution is 5.92. The van der Waals surface area contributed by atoms with E-state index in [-0.39, 0.29) is 11.6 Å². The summed E-state index contributed by atoms with van der Waals surface area (Å²) in [5.74, 6) is 0.914. The van der Waals surface area contributed by atoms with Crippen LogP contribution in [0.5, 0.6) is 0 Å². The Balaban J connectivity index is 4.34. The van der Waals surface area contributed by atoms with E-state index in [1.54, 1.807) is 13.1 Å². The van der Waals surface area contributed by atoms with Crippen LogP contribution in [0.15, 0.2) is 23.9 Å². The van der Waals surface area contributed by atoms with Crippen LogP contribution in [0.2, 0.25) is 0 Å². The summed E-state index contributed by atoms with van der Waals surface area (Å²) in [6, 6.07) is 0. The summed E-state index contributed by atoms with van der Waals surface area (Å²) in [7, 11) is 1.57. The Kier molecular flexibility index (Phi) is 6.50. The van der Waals surface area contributed by atoms with E-state index in [0.29, 0.717) is 11.8 Å². The fourth-order valence-electron chi connectivity index (χ4n) is 1.35. The number of rotatable bonds is 5. The van der Waals surface area contributed by atoms with Crippen molar-refractivity contribution in [3.8, 4) is 0 Å². The van der Waals surface area contributed by atoms with Crippen LogP contribution in [0.1, 0.15) is 27.2 Å². The molecule has 0 aliphatic rings. The maximum atomic E-state index is 11.1. The summed E-state index contributed by atoms with van der Waals surface area (Å²) in [6.07, 6.45) is 6.70. The van der Waals surface area contributed by atoms with Crippen LogP contribution in [0, 0.1) is 11.8 Å². The van der Waals surface area contributed by atoms with E-state index in [9.17, 15) is 4.79 Å². The average Bonchev–Trinajstić information content (AvgIpc) is 2.22. The highest BCUT2D eigenvalue weighted by Crippen LogP contribution is 2.15. The third kappa shape index (κ3) is 5.25. The molecule has 1 atom stereocenters. The zero-order chi connectivity index (χ0) is 11.8. The van der Waals surface area contributed by atoms with Gasteiger partial charge in [0.15, 0.2) is 0 Å². The summed E-state index contributed by atoms with van der Waals surface area (Å²) in [6.45, 7) is 6.52. The Labute approximate surface area is 92.4 Å². The van der Waals surface area contributed by atoms with Crippen molar-refractivity contribution in [3.05, 3.63) is 23.9 Å². The first-order valence-electron chi connectivity index (χ1n) is 5.38. The van der Waals surface area contributed by atoms with Gasteiger partial charge >= 0.3 is 0 Å². The molecule has 0 bridgehead atoms. The van der Waals surface area contributed by atoms with Gasteiger partial charge in [-0.15, -0.1) is 0 Å². The van der Waals surface area contributed by atoms with Crippen LogP contribution in [0.4, 0.5) is 0 Å². The molecule has 86 valence electrons. The van der Waals surface area contributed by atoms with Crippen LogP contribution >= 0.6 is 0 Å². The number of allylic oxidation sites excluding steroid dienone is 3. The maximum Gasteiger partial charge on any atom is 0.266 e. The minimum atomic E-state index is -0.239. The number of carbonyl (C=O) groups excluding carboxylic acids is 1. The number of nitrogens with one attached hydrogen (secondary N) is 1. The van der Waals surface area contributed by atoms with Gasteiger partial charge in [0.1, 0.15) is 0 Å². The van der Waals surface area contributed by atoms with Crippen LogP contribution in [0.3, 0.4) is 0 Å². The summed E-state index contributed by atoms with van der Waals surface area (Å²) in [5.41, 5.74) is 5.77. The molecule has 0 aliphatic carbocycles. The van der Waals surface area contributed by atoms with Gasteiger partial charge in [0.25, 0.3) is 5.91 Å². The highest BCUT2D eigenvalue weighted by atomic mass is 16.1. The van der Waals surface area contributed by atoms with E-state index in [4.69, 9.17) is 5.73 Å². The minimum Gasteiger partial charge on any atom is -0.394 e. The number of hydrogen-bond donors (Lipinski definition) is 2. The molecule has 0 heterocycles. The minimum absolute atomic E-state index is 0.239. The Morgan fingerprint density at radius 3 is 2.47 bits per heavy atom. The quantitative estimate of drug-likeness (QED) is 0.537. The first-order valence-corrected chi connectivity index (χ1v) is 5.38. The Bertz CT molecular complexity index is 254. The highest BCUT2D eigenvalue weighted by Gasteiger charge is 2.05. The normalized spacial score (nSPS) is 14.6. The van der Waals surface area contributed by atoms with Gasteiger partial charge < -0.3 is 11.1 Å². The second-order valence-electron chi connectivity index (χ2n) is 3.90. The molecule has 0 saturated heterocycles. The van der Waals surface area contributed by atoms with Gasteiger partial charge in [0.05, 0.1) is 5.70 Å². The topological polar surface area (TPSA) is 55.1 Å². The van der Waals surface area contributed by atoms with E-state index < -0.39 is 0 Å². The van der Waals surface area contributed by atoms with Crippen molar-refractivity contribution in [1.82, 2.24) is 5.32 Å². The molecule has 0 aliphatic heterocycles. The molecule has 0 saturated carbocycles.